The molecule has 0 aromatic heterocycles. The smallest absolute Gasteiger partial charge is 0.338 e. The van der Waals surface area contributed by atoms with E-state index >= 15 is 0 Å². The number of benzene rings is 2. The lowest BCUT2D eigenvalue weighted by atomic mass is 10.1. The summed E-state index contributed by atoms with van der Waals surface area (Å²) in [6.07, 6.45) is 1.53. The Morgan fingerprint density at radius 3 is 2.23 bits per heavy atom. The van der Waals surface area contributed by atoms with Crippen LogP contribution in [0.4, 0.5) is 5.69 Å². The minimum Gasteiger partial charge on any atom is -0.452 e. The van der Waals surface area contributed by atoms with Crippen molar-refractivity contribution in [1.29, 1.82) is 0 Å². The third kappa shape index (κ3) is 5.92. The van der Waals surface area contributed by atoms with Gasteiger partial charge < -0.3 is 15.4 Å². The SMILES string of the molecule is CCCCN1C(=O)c2ccc(C(=O)OCC(=O)NCC(=O)Nc3c(C)cc(C)cc3C)cc2C1=O. The van der Waals surface area contributed by atoms with Gasteiger partial charge in [-0.25, -0.2) is 4.79 Å². The fraction of sp³-hybridized carbons (Fsp3) is 0.346. The molecule has 0 unspecified atom stereocenters. The lowest BCUT2D eigenvalue weighted by molar-refractivity contribution is -0.126. The number of carbonyl (C=O) groups excluding carboxylic acids is 5. The van der Waals surface area contributed by atoms with Crippen LogP contribution in [-0.4, -0.2) is 54.2 Å². The number of anilines is 1. The highest BCUT2D eigenvalue weighted by atomic mass is 16.5. The van der Waals surface area contributed by atoms with E-state index in [-0.39, 0.29) is 29.1 Å². The molecular weight excluding hydrogens is 450 g/mol. The van der Waals surface area contributed by atoms with Crippen LogP contribution in [0, 0.1) is 20.8 Å². The monoisotopic (exact) mass is 479 g/mol. The maximum absolute atomic E-state index is 12.5. The van der Waals surface area contributed by atoms with E-state index < -0.39 is 30.3 Å². The Balaban J connectivity index is 1.51. The Bertz CT molecular complexity index is 1180. The van der Waals surface area contributed by atoms with Crippen LogP contribution in [0.1, 0.15) is 67.5 Å². The molecule has 0 fully saturated rings. The van der Waals surface area contributed by atoms with E-state index in [1.807, 2.05) is 39.8 Å². The number of hydrogen-bond donors (Lipinski definition) is 2. The van der Waals surface area contributed by atoms with Gasteiger partial charge in [0.2, 0.25) is 5.91 Å². The number of amides is 4. The standard InChI is InChI=1S/C26H29N3O6/c1-5-6-9-29-24(32)19-8-7-18(12-20(19)25(29)33)26(34)35-14-22(31)27-13-21(30)28-23-16(3)10-15(2)11-17(23)4/h7-8,10-12H,5-6,9,13-14H2,1-4H3,(H,27,31)(H,28,30). The molecule has 1 aliphatic heterocycles. The van der Waals surface area contributed by atoms with Crippen LogP contribution >= 0.6 is 0 Å². The average Bonchev–Trinajstić information content (AvgIpc) is 3.05. The van der Waals surface area contributed by atoms with Crippen LogP contribution in [0.5, 0.6) is 0 Å². The van der Waals surface area contributed by atoms with Crippen molar-refractivity contribution in [3.05, 3.63) is 63.7 Å². The van der Waals surface area contributed by atoms with Crippen LogP contribution in [0.15, 0.2) is 30.3 Å². The number of esters is 1. The molecule has 2 N–H and O–H groups in total. The molecule has 9 nitrogen and oxygen atoms in total. The quantitative estimate of drug-likeness (QED) is 0.421. The fourth-order valence-corrected chi connectivity index (χ4v) is 3.94. The average molecular weight is 480 g/mol. The fourth-order valence-electron chi connectivity index (χ4n) is 3.94. The van der Waals surface area contributed by atoms with E-state index in [4.69, 9.17) is 4.74 Å². The van der Waals surface area contributed by atoms with E-state index in [0.29, 0.717) is 18.7 Å². The summed E-state index contributed by atoms with van der Waals surface area (Å²) in [4.78, 5) is 62.8. The highest BCUT2D eigenvalue weighted by Gasteiger charge is 2.35. The molecule has 0 atom stereocenters. The summed E-state index contributed by atoms with van der Waals surface area (Å²) in [6, 6.07) is 8.00. The second-order valence-electron chi connectivity index (χ2n) is 8.55. The molecule has 1 heterocycles. The van der Waals surface area contributed by atoms with E-state index in [1.54, 1.807) is 0 Å². The number of ether oxygens (including phenoxy) is 1. The number of imide groups is 1. The number of unbranched alkanes of at least 4 members (excludes halogenated alkanes) is 1. The third-order valence-electron chi connectivity index (χ3n) is 5.66. The molecule has 0 saturated carbocycles. The maximum Gasteiger partial charge on any atom is 0.338 e. The molecule has 0 aliphatic carbocycles. The first kappa shape index (κ1) is 25.6. The predicted octanol–water partition coefficient (Wildman–Crippen LogP) is 2.92. The first-order valence-corrected chi connectivity index (χ1v) is 11.4. The van der Waals surface area contributed by atoms with Crippen molar-refractivity contribution in [2.24, 2.45) is 0 Å². The van der Waals surface area contributed by atoms with Gasteiger partial charge in [0.05, 0.1) is 23.2 Å². The highest BCUT2D eigenvalue weighted by Crippen LogP contribution is 2.25. The van der Waals surface area contributed by atoms with Gasteiger partial charge in [0.25, 0.3) is 17.7 Å². The van der Waals surface area contributed by atoms with Crippen LogP contribution in [-0.2, 0) is 14.3 Å². The van der Waals surface area contributed by atoms with Gasteiger partial charge in [-0.2, -0.15) is 0 Å². The molecular formula is C26H29N3O6. The Morgan fingerprint density at radius 1 is 0.914 bits per heavy atom. The number of aryl methyl sites for hydroxylation is 3. The maximum atomic E-state index is 12.5. The van der Waals surface area contributed by atoms with Crippen molar-refractivity contribution < 1.29 is 28.7 Å². The van der Waals surface area contributed by atoms with Gasteiger partial charge >= 0.3 is 5.97 Å². The van der Waals surface area contributed by atoms with Crippen molar-refractivity contribution in [1.82, 2.24) is 10.2 Å². The Morgan fingerprint density at radius 2 is 1.57 bits per heavy atom. The van der Waals surface area contributed by atoms with Crippen molar-refractivity contribution in [3.8, 4) is 0 Å². The third-order valence-corrected chi connectivity index (χ3v) is 5.66. The zero-order valence-electron chi connectivity index (χ0n) is 20.3. The molecule has 0 saturated heterocycles. The van der Waals surface area contributed by atoms with Crippen molar-refractivity contribution in [2.75, 3.05) is 25.0 Å². The van der Waals surface area contributed by atoms with E-state index in [0.717, 1.165) is 23.1 Å². The molecule has 1 aliphatic rings. The molecule has 0 spiro atoms. The first-order chi connectivity index (χ1) is 16.6. The lowest BCUT2D eigenvalue weighted by Gasteiger charge is -2.13. The highest BCUT2D eigenvalue weighted by molar-refractivity contribution is 6.22. The minimum atomic E-state index is -0.814. The van der Waals surface area contributed by atoms with Crippen LogP contribution < -0.4 is 10.6 Å². The number of carbonyl (C=O) groups is 5. The van der Waals surface area contributed by atoms with Gasteiger partial charge in [-0.05, 0) is 56.5 Å². The second kappa shape index (κ2) is 10.9. The van der Waals surface area contributed by atoms with Crippen molar-refractivity contribution in [2.45, 2.75) is 40.5 Å². The van der Waals surface area contributed by atoms with Crippen LogP contribution in [0.25, 0.3) is 0 Å². The number of nitrogens with zero attached hydrogens (tertiary/aromatic N) is 1. The van der Waals surface area contributed by atoms with E-state index in [2.05, 4.69) is 10.6 Å². The Kier molecular flexibility index (Phi) is 8.01. The van der Waals surface area contributed by atoms with Gasteiger partial charge in [0.15, 0.2) is 6.61 Å². The van der Waals surface area contributed by atoms with Crippen LogP contribution in [0.3, 0.4) is 0 Å². The molecule has 35 heavy (non-hydrogen) atoms. The number of rotatable bonds is 9. The summed E-state index contributed by atoms with van der Waals surface area (Å²) in [5.74, 6) is -2.70. The molecule has 184 valence electrons. The van der Waals surface area contributed by atoms with Gasteiger partial charge in [0, 0.05) is 12.2 Å². The van der Waals surface area contributed by atoms with E-state index in [9.17, 15) is 24.0 Å². The molecule has 0 bridgehead atoms. The van der Waals surface area contributed by atoms with Gasteiger partial charge in [-0.15, -0.1) is 0 Å². The zero-order chi connectivity index (χ0) is 25.7. The zero-order valence-corrected chi connectivity index (χ0v) is 20.3. The Labute approximate surface area is 203 Å². The summed E-state index contributed by atoms with van der Waals surface area (Å²) in [6.45, 7) is 7.14. The number of fused-ring (bicyclic) bond motifs is 1. The summed E-state index contributed by atoms with van der Waals surface area (Å²) < 4.78 is 5.01. The van der Waals surface area contributed by atoms with Gasteiger partial charge in [-0.1, -0.05) is 31.0 Å². The molecule has 2 aromatic carbocycles. The van der Waals surface area contributed by atoms with Crippen molar-refractivity contribution >= 4 is 35.3 Å². The summed E-state index contributed by atoms with van der Waals surface area (Å²) >= 11 is 0. The van der Waals surface area contributed by atoms with E-state index in [1.165, 1.54) is 23.1 Å². The summed E-state index contributed by atoms with van der Waals surface area (Å²) in [5.41, 5.74) is 4.05. The second-order valence-corrected chi connectivity index (χ2v) is 8.55. The van der Waals surface area contributed by atoms with Gasteiger partial charge in [0.1, 0.15) is 0 Å². The summed E-state index contributed by atoms with van der Waals surface area (Å²) in [5, 5.41) is 5.18. The normalized spacial score (nSPS) is 12.4. The topological polar surface area (TPSA) is 122 Å². The lowest BCUT2D eigenvalue weighted by Crippen LogP contribution is -2.35. The minimum absolute atomic E-state index is 0.0538. The molecule has 0 radical (unpaired) electrons. The molecule has 4 amide bonds. The van der Waals surface area contributed by atoms with Crippen molar-refractivity contribution in [3.63, 3.8) is 0 Å². The summed E-state index contributed by atoms with van der Waals surface area (Å²) in [7, 11) is 0. The van der Waals surface area contributed by atoms with Gasteiger partial charge in [-0.3, -0.25) is 24.1 Å². The molecule has 2 aromatic rings. The van der Waals surface area contributed by atoms with Crippen LogP contribution in [0.2, 0.25) is 0 Å². The molecule has 9 heteroatoms. The number of hydrogen-bond acceptors (Lipinski definition) is 6. The largest absolute Gasteiger partial charge is 0.452 e. The molecule has 3 rings (SSSR count). The first-order valence-electron chi connectivity index (χ1n) is 11.4. The Hall–Kier alpha value is -4.01. The predicted molar refractivity (Wildman–Crippen MR) is 129 cm³/mol. The number of nitrogens with one attached hydrogen (secondary N) is 2.